The number of aromatic nitrogens is 2. The van der Waals surface area contributed by atoms with Crippen LogP contribution in [-0.4, -0.2) is 39.4 Å². The molecule has 0 bridgehead atoms. The largest absolute Gasteiger partial charge is 0.336 e. The van der Waals surface area contributed by atoms with Crippen LogP contribution in [0.5, 0.6) is 0 Å². The van der Waals surface area contributed by atoms with Crippen LogP contribution in [0.3, 0.4) is 0 Å². The second kappa shape index (κ2) is 8.01. The Labute approximate surface area is 172 Å². The number of carbonyl (C=O) groups excluding carboxylic acids is 2. The summed E-state index contributed by atoms with van der Waals surface area (Å²) >= 11 is 0. The number of benzene rings is 1. The summed E-state index contributed by atoms with van der Waals surface area (Å²) in [5.74, 6) is 0.677. The van der Waals surface area contributed by atoms with Crippen molar-refractivity contribution < 1.29 is 9.59 Å². The summed E-state index contributed by atoms with van der Waals surface area (Å²) in [6, 6.07) is 5.87. The van der Waals surface area contributed by atoms with E-state index in [9.17, 15) is 9.59 Å². The number of anilines is 1. The Hall–Kier alpha value is -2.63. The van der Waals surface area contributed by atoms with E-state index in [1.807, 2.05) is 41.5 Å². The number of imidazole rings is 1. The summed E-state index contributed by atoms with van der Waals surface area (Å²) in [6.07, 6.45) is 5.00. The summed E-state index contributed by atoms with van der Waals surface area (Å²) in [6.45, 7) is 8.51. The zero-order valence-corrected chi connectivity index (χ0v) is 17.6. The van der Waals surface area contributed by atoms with E-state index in [1.165, 1.54) is 0 Å². The van der Waals surface area contributed by atoms with Crippen LogP contribution in [0.4, 0.5) is 5.69 Å². The van der Waals surface area contributed by atoms with Gasteiger partial charge in [-0.15, -0.1) is 0 Å². The Morgan fingerprint density at radius 2 is 1.97 bits per heavy atom. The minimum atomic E-state index is -0.226. The summed E-state index contributed by atoms with van der Waals surface area (Å²) in [7, 11) is 0. The van der Waals surface area contributed by atoms with Crippen LogP contribution < -0.4 is 5.32 Å². The average Bonchev–Trinajstić information content (AvgIpc) is 3.11. The number of amides is 2. The molecule has 4 rings (SSSR count). The minimum absolute atomic E-state index is 0.0366. The predicted octanol–water partition coefficient (Wildman–Crippen LogP) is 3.96. The Morgan fingerprint density at radius 3 is 2.76 bits per heavy atom. The van der Waals surface area contributed by atoms with Gasteiger partial charge >= 0.3 is 0 Å². The number of aryl methyl sites for hydroxylation is 1. The molecule has 0 saturated carbocycles. The number of hydrogen-bond donors (Lipinski definition) is 1. The first-order chi connectivity index (χ1) is 14.0. The van der Waals surface area contributed by atoms with E-state index in [1.54, 1.807) is 0 Å². The predicted molar refractivity (Wildman–Crippen MR) is 113 cm³/mol. The molecule has 1 fully saturated rings. The molecular weight excluding hydrogens is 364 g/mol. The van der Waals surface area contributed by atoms with E-state index in [0.717, 1.165) is 74.2 Å². The standard InChI is InChI=1S/C23H30N4O2/c1-15-8-7-12-26(14-15)23(29)21-25-20(19-11-4-5-13-27(19)21)22(28)24-18-10-6-9-16(2)17(18)3/h6,9-10,15H,4-5,7-8,11-14H2,1-3H3,(H,24,28). The van der Waals surface area contributed by atoms with Crippen molar-refractivity contribution in [1.82, 2.24) is 14.5 Å². The Morgan fingerprint density at radius 1 is 1.14 bits per heavy atom. The van der Waals surface area contributed by atoms with Gasteiger partial charge in [0.2, 0.25) is 0 Å². The molecule has 29 heavy (non-hydrogen) atoms. The molecule has 2 aliphatic heterocycles. The molecule has 2 amide bonds. The number of nitrogens with zero attached hydrogens (tertiary/aromatic N) is 3. The molecule has 1 N–H and O–H groups in total. The first-order valence-corrected chi connectivity index (χ1v) is 10.7. The molecule has 2 aliphatic rings. The van der Waals surface area contributed by atoms with Crippen molar-refractivity contribution >= 4 is 17.5 Å². The van der Waals surface area contributed by atoms with Gasteiger partial charge in [0.1, 0.15) is 0 Å². The molecule has 154 valence electrons. The molecule has 1 saturated heterocycles. The van der Waals surface area contributed by atoms with E-state index in [-0.39, 0.29) is 11.8 Å². The fraction of sp³-hybridized carbons (Fsp3) is 0.522. The number of hydrogen-bond acceptors (Lipinski definition) is 3. The SMILES string of the molecule is Cc1cccc(NC(=O)c2nc(C(=O)N3CCCC(C)C3)n3c2CCCC3)c1C. The van der Waals surface area contributed by atoms with E-state index < -0.39 is 0 Å². The molecule has 1 aromatic carbocycles. The zero-order chi connectivity index (χ0) is 20.5. The molecular formula is C23H30N4O2. The van der Waals surface area contributed by atoms with Crippen molar-refractivity contribution in [3.63, 3.8) is 0 Å². The lowest BCUT2D eigenvalue weighted by Gasteiger charge is -2.31. The third kappa shape index (κ3) is 3.80. The van der Waals surface area contributed by atoms with E-state index >= 15 is 0 Å². The average molecular weight is 395 g/mol. The molecule has 2 aromatic rings. The highest BCUT2D eigenvalue weighted by Crippen LogP contribution is 2.25. The highest BCUT2D eigenvalue weighted by Gasteiger charge is 2.31. The van der Waals surface area contributed by atoms with Crippen LogP contribution in [0.15, 0.2) is 18.2 Å². The number of carbonyl (C=O) groups is 2. The highest BCUT2D eigenvalue weighted by atomic mass is 16.2. The van der Waals surface area contributed by atoms with Gasteiger partial charge in [-0.05, 0) is 69.1 Å². The van der Waals surface area contributed by atoms with Gasteiger partial charge in [0.05, 0.1) is 5.69 Å². The molecule has 6 heteroatoms. The maximum Gasteiger partial charge on any atom is 0.289 e. The lowest BCUT2D eigenvalue weighted by molar-refractivity contribution is 0.0664. The number of rotatable bonds is 3. The van der Waals surface area contributed by atoms with Gasteiger partial charge in [-0.1, -0.05) is 19.1 Å². The van der Waals surface area contributed by atoms with Gasteiger partial charge in [0.15, 0.2) is 11.5 Å². The van der Waals surface area contributed by atoms with Crippen molar-refractivity contribution in [2.75, 3.05) is 18.4 Å². The molecule has 0 radical (unpaired) electrons. The monoisotopic (exact) mass is 394 g/mol. The minimum Gasteiger partial charge on any atom is -0.336 e. The van der Waals surface area contributed by atoms with Crippen LogP contribution >= 0.6 is 0 Å². The van der Waals surface area contributed by atoms with Crippen LogP contribution in [0.1, 0.15) is 70.5 Å². The topological polar surface area (TPSA) is 67.2 Å². The lowest BCUT2D eigenvalue weighted by atomic mass is 10.0. The molecule has 6 nitrogen and oxygen atoms in total. The first kappa shape index (κ1) is 19.7. The van der Waals surface area contributed by atoms with Gasteiger partial charge < -0.3 is 14.8 Å². The van der Waals surface area contributed by atoms with E-state index in [4.69, 9.17) is 0 Å². The third-order valence-electron chi connectivity index (χ3n) is 6.32. The highest BCUT2D eigenvalue weighted by molar-refractivity contribution is 6.05. The van der Waals surface area contributed by atoms with E-state index in [0.29, 0.717) is 17.4 Å². The van der Waals surface area contributed by atoms with Crippen LogP contribution in [0, 0.1) is 19.8 Å². The fourth-order valence-corrected chi connectivity index (χ4v) is 4.47. The van der Waals surface area contributed by atoms with Crippen molar-refractivity contribution in [3.05, 3.63) is 46.5 Å². The van der Waals surface area contributed by atoms with Gasteiger partial charge in [-0.3, -0.25) is 9.59 Å². The van der Waals surface area contributed by atoms with Gasteiger partial charge in [-0.2, -0.15) is 0 Å². The summed E-state index contributed by atoms with van der Waals surface area (Å²) in [5.41, 5.74) is 4.27. The number of fused-ring (bicyclic) bond motifs is 1. The smallest absolute Gasteiger partial charge is 0.289 e. The number of nitrogens with one attached hydrogen (secondary N) is 1. The maximum absolute atomic E-state index is 13.2. The normalized spacial score (nSPS) is 19.0. The number of piperidine rings is 1. The van der Waals surface area contributed by atoms with Crippen molar-refractivity contribution in [2.24, 2.45) is 5.92 Å². The maximum atomic E-state index is 13.2. The Balaban J connectivity index is 1.65. The van der Waals surface area contributed by atoms with Crippen LogP contribution in [0.25, 0.3) is 0 Å². The van der Waals surface area contributed by atoms with E-state index in [2.05, 4.69) is 17.2 Å². The molecule has 0 spiro atoms. The Kier molecular flexibility index (Phi) is 5.43. The third-order valence-corrected chi connectivity index (χ3v) is 6.32. The second-order valence-electron chi connectivity index (χ2n) is 8.54. The van der Waals surface area contributed by atoms with Gasteiger partial charge in [0, 0.05) is 25.3 Å². The molecule has 1 unspecified atom stereocenters. The Bertz CT molecular complexity index is 947. The van der Waals surface area contributed by atoms with Crippen LogP contribution in [-0.2, 0) is 13.0 Å². The van der Waals surface area contributed by atoms with Crippen LogP contribution in [0.2, 0.25) is 0 Å². The van der Waals surface area contributed by atoms with Crippen molar-refractivity contribution in [1.29, 1.82) is 0 Å². The van der Waals surface area contributed by atoms with Gasteiger partial charge in [0.25, 0.3) is 11.8 Å². The summed E-state index contributed by atoms with van der Waals surface area (Å²) in [4.78, 5) is 32.8. The molecule has 3 heterocycles. The molecule has 1 atom stereocenters. The zero-order valence-electron chi connectivity index (χ0n) is 17.6. The van der Waals surface area contributed by atoms with Crippen molar-refractivity contribution in [2.45, 2.75) is 59.4 Å². The van der Waals surface area contributed by atoms with Gasteiger partial charge in [-0.25, -0.2) is 4.98 Å². The quantitative estimate of drug-likeness (QED) is 0.857. The number of likely N-dealkylation sites (tertiary alicyclic amines) is 1. The fourth-order valence-electron chi connectivity index (χ4n) is 4.47. The first-order valence-electron chi connectivity index (χ1n) is 10.7. The van der Waals surface area contributed by atoms with Crippen molar-refractivity contribution in [3.8, 4) is 0 Å². The molecule has 0 aliphatic carbocycles. The summed E-state index contributed by atoms with van der Waals surface area (Å²) in [5, 5.41) is 3.02. The molecule has 1 aromatic heterocycles. The lowest BCUT2D eigenvalue weighted by Crippen LogP contribution is -2.40. The second-order valence-corrected chi connectivity index (χ2v) is 8.54. The summed E-state index contributed by atoms with van der Waals surface area (Å²) < 4.78 is 1.99.